The minimum absolute atomic E-state index is 0.0969. The van der Waals surface area contributed by atoms with E-state index in [1.54, 1.807) is 24.0 Å². The maximum Gasteiger partial charge on any atom is 0.309 e. The lowest BCUT2D eigenvalue weighted by Gasteiger charge is -2.32. The molecule has 27 heavy (non-hydrogen) atoms. The second kappa shape index (κ2) is 9.18. The number of hydrogen-bond acceptors (Lipinski definition) is 6. The number of hydrogen-bond donors (Lipinski definition) is 0. The predicted octanol–water partition coefficient (Wildman–Crippen LogP) is 1.12. The van der Waals surface area contributed by atoms with Crippen molar-refractivity contribution in [3.8, 4) is 5.75 Å². The summed E-state index contributed by atoms with van der Waals surface area (Å²) in [7, 11) is -0.896. The van der Waals surface area contributed by atoms with Gasteiger partial charge in [-0.3, -0.25) is 9.59 Å². The van der Waals surface area contributed by atoms with Crippen molar-refractivity contribution in [2.24, 2.45) is 5.92 Å². The number of likely N-dealkylation sites (tertiary alicyclic amines) is 1. The quantitative estimate of drug-likeness (QED) is 0.639. The van der Waals surface area contributed by atoms with E-state index in [9.17, 15) is 18.0 Å². The van der Waals surface area contributed by atoms with Crippen LogP contribution in [0, 0.1) is 5.92 Å². The summed E-state index contributed by atoms with van der Waals surface area (Å²) in [5.41, 5.74) is 0. The first-order chi connectivity index (χ1) is 12.8. The molecular formula is C18H26N2O6S. The molecule has 0 radical (unpaired) electrons. The first kappa shape index (κ1) is 21.2. The van der Waals surface area contributed by atoms with Crippen molar-refractivity contribution < 1.29 is 27.5 Å². The fraction of sp³-hybridized carbons (Fsp3) is 0.556. The molecule has 0 spiro atoms. The molecular weight excluding hydrogens is 372 g/mol. The summed E-state index contributed by atoms with van der Waals surface area (Å²) in [6.45, 7) is 2.68. The van der Waals surface area contributed by atoms with Crippen molar-refractivity contribution in [1.82, 2.24) is 9.21 Å². The fourth-order valence-corrected chi connectivity index (χ4v) is 4.05. The molecule has 0 aliphatic carbocycles. The maximum absolute atomic E-state index is 12.6. The van der Waals surface area contributed by atoms with Crippen molar-refractivity contribution in [2.45, 2.75) is 24.7 Å². The molecule has 8 nitrogen and oxygen atoms in total. The molecule has 0 saturated carbocycles. The van der Waals surface area contributed by atoms with E-state index < -0.39 is 10.0 Å². The number of esters is 1. The average molecular weight is 398 g/mol. The van der Waals surface area contributed by atoms with Crippen molar-refractivity contribution in [3.63, 3.8) is 0 Å². The smallest absolute Gasteiger partial charge is 0.309 e. The molecule has 150 valence electrons. The van der Waals surface area contributed by atoms with Crippen LogP contribution in [0.4, 0.5) is 0 Å². The van der Waals surface area contributed by atoms with E-state index >= 15 is 0 Å². The Balaban J connectivity index is 1.94. The zero-order valence-corrected chi connectivity index (χ0v) is 16.7. The van der Waals surface area contributed by atoms with Crippen molar-refractivity contribution in [2.75, 3.05) is 40.4 Å². The number of likely N-dealkylation sites (N-methyl/N-ethyl adjacent to an activating group) is 1. The number of rotatable bonds is 7. The summed E-state index contributed by atoms with van der Waals surface area (Å²) in [5.74, 6) is -0.160. The molecule has 0 unspecified atom stereocenters. The van der Waals surface area contributed by atoms with Gasteiger partial charge in [0.2, 0.25) is 15.9 Å². The van der Waals surface area contributed by atoms with Gasteiger partial charge < -0.3 is 14.4 Å². The Hall–Kier alpha value is -2.13. The van der Waals surface area contributed by atoms with Crippen molar-refractivity contribution in [3.05, 3.63) is 24.3 Å². The number of benzene rings is 1. The third kappa shape index (κ3) is 5.20. The van der Waals surface area contributed by atoms with Crippen molar-refractivity contribution in [1.29, 1.82) is 0 Å². The van der Waals surface area contributed by atoms with Gasteiger partial charge in [-0.25, -0.2) is 8.42 Å². The maximum atomic E-state index is 12.6. The average Bonchev–Trinajstić information content (AvgIpc) is 2.68. The lowest BCUT2D eigenvalue weighted by Crippen LogP contribution is -2.45. The third-order valence-electron chi connectivity index (χ3n) is 4.59. The van der Waals surface area contributed by atoms with Gasteiger partial charge in [-0.05, 0) is 44.0 Å². The van der Waals surface area contributed by atoms with E-state index in [1.165, 1.54) is 26.3 Å². The van der Waals surface area contributed by atoms with Gasteiger partial charge in [0.1, 0.15) is 5.75 Å². The van der Waals surface area contributed by atoms with Crippen molar-refractivity contribution >= 4 is 21.9 Å². The van der Waals surface area contributed by atoms with Gasteiger partial charge in [0.05, 0.1) is 31.1 Å². The number of methoxy groups -OCH3 is 1. The lowest BCUT2D eigenvalue weighted by atomic mass is 9.97. The first-order valence-electron chi connectivity index (χ1n) is 8.84. The van der Waals surface area contributed by atoms with Crippen LogP contribution in [0.25, 0.3) is 0 Å². The van der Waals surface area contributed by atoms with E-state index in [-0.39, 0.29) is 29.2 Å². The minimum atomic E-state index is -3.77. The van der Waals surface area contributed by atoms with Crippen LogP contribution >= 0.6 is 0 Å². The Labute approximate surface area is 160 Å². The number of sulfonamides is 1. The number of ether oxygens (including phenoxy) is 2. The number of piperidine rings is 1. The van der Waals surface area contributed by atoms with Crippen LogP contribution in [0.1, 0.15) is 19.8 Å². The summed E-state index contributed by atoms with van der Waals surface area (Å²) < 4.78 is 36.3. The summed E-state index contributed by atoms with van der Waals surface area (Å²) in [5, 5.41) is 0. The Morgan fingerprint density at radius 2 is 1.78 bits per heavy atom. The molecule has 0 N–H and O–H groups in total. The Bertz CT molecular complexity index is 755. The predicted molar refractivity (Wildman–Crippen MR) is 98.7 cm³/mol. The first-order valence-corrected chi connectivity index (χ1v) is 10.3. The Morgan fingerprint density at radius 1 is 1.19 bits per heavy atom. The molecule has 1 aliphatic heterocycles. The fourth-order valence-electron chi connectivity index (χ4n) is 2.93. The van der Waals surface area contributed by atoms with Crippen LogP contribution in [-0.4, -0.2) is 69.9 Å². The third-order valence-corrected chi connectivity index (χ3v) is 6.41. The van der Waals surface area contributed by atoms with E-state index in [0.717, 1.165) is 4.31 Å². The summed E-state index contributed by atoms with van der Waals surface area (Å²) in [6, 6.07) is 6.01. The molecule has 1 heterocycles. The molecule has 1 amide bonds. The highest BCUT2D eigenvalue weighted by Gasteiger charge is 2.30. The van der Waals surface area contributed by atoms with Gasteiger partial charge in [-0.1, -0.05) is 0 Å². The number of nitrogens with zero attached hydrogens (tertiary/aromatic N) is 2. The molecule has 1 saturated heterocycles. The van der Waals surface area contributed by atoms with Gasteiger partial charge in [-0.2, -0.15) is 4.31 Å². The summed E-state index contributed by atoms with van der Waals surface area (Å²) in [6.07, 6.45) is 1.05. The molecule has 2 rings (SSSR count). The monoisotopic (exact) mass is 398 g/mol. The van der Waals surface area contributed by atoms with Crippen LogP contribution in [0.15, 0.2) is 29.2 Å². The lowest BCUT2D eigenvalue weighted by molar-refractivity contribution is -0.151. The van der Waals surface area contributed by atoms with E-state index in [1.807, 2.05) is 0 Å². The van der Waals surface area contributed by atoms with E-state index in [2.05, 4.69) is 0 Å². The molecule has 1 aromatic carbocycles. The largest absolute Gasteiger partial charge is 0.497 e. The Morgan fingerprint density at radius 3 is 2.30 bits per heavy atom. The van der Waals surface area contributed by atoms with Gasteiger partial charge in [-0.15, -0.1) is 0 Å². The second-order valence-electron chi connectivity index (χ2n) is 6.34. The second-order valence-corrected chi connectivity index (χ2v) is 8.39. The molecule has 1 aromatic rings. The zero-order chi connectivity index (χ0) is 20.0. The van der Waals surface area contributed by atoms with Crippen LogP contribution < -0.4 is 4.74 Å². The standard InChI is InChI=1S/C18H26N2O6S/c1-4-26-18(22)14-9-11-20(12-10-14)17(21)13-19(2)27(23,24)16-7-5-15(25-3)6-8-16/h5-8,14H,4,9-13H2,1-3H3. The van der Waals surface area contributed by atoms with Crippen LogP contribution in [-0.2, 0) is 24.3 Å². The molecule has 0 atom stereocenters. The number of carbonyl (C=O) groups is 2. The number of carbonyl (C=O) groups excluding carboxylic acids is 2. The highest BCUT2D eigenvalue weighted by Crippen LogP contribution is 2.21. The van der Waals surface area contributed by atoms with Crippen LogP contribution in [0.5, 0.6) is 5.75 Å². The normalized spacial score (nSPS) is 15.6. The van der Waals surface area contributed by atoms with Crippen LogP contribution in [0.2, 0.25) is 0 Å². The van der Waals surface area contributed by atoms with E-state index in [4.69, 9.17) is 9.47 Å². The Kier molecular flexibility index (Phi) is 7.20. The molecule has 9 heteroatoms. The summed E-state index contributed by atoms with van der Waals surface area (Å²) >= 11 is 0. The van der Waals surface area contributed by atoms with Gasteiger partial charge in [0.15, 0.2) is 0 Å². The molecule has 0 bridgehead atoms. The SMILES string of the molecule is CCOC(=O)C1CCN(C(=O)CN(C)S(=O)(=O)c2ccc(OC)cc2)CC1. The summed E-state index contributed by atoms with van der Waals surface area (Å²) in [4.78, 5) is 25.9. The van der Waals surface area contributed by atoms with Gasteiger partial charge in [0.25, 0.3) is 0 Å². The molecule has 1 fully saturated rings. The zero-order valence-electron chi connectivity index (χ0n) is 15.9. The number of amides is 1. The van der Waals surface area contributed by atoms with Gasteiger partial charge >= 0.3 is 5.97 Å². The molecule has 1 aliphatic rings. The van der Waals surface area contributed by atoms with Crippen LogP contribution in [0.3, 0.4) is 0 Å². The minimum Gasteiger partial charge on any atom is -0.497 e. The molecule has 0 aromatic heterocycles. The highest BCUT2D eigenvalue weighted by atomic mass is 32.2. The topological polar surface area (TPSA) is 93.2 Å². The highest BCUT2D eigenvalue weighted by molar-refractivity contribution is 7.89. The van der Waals surface area contributed by atoms with Gasteiger partial charge in [0, 0.05) is 20.1 Å². The van der Waals surface area contributed by atoms with E-state index in [0.29, 0.717) is 38.3 Å².